The largest absolute Gasteiger partial charge is 0.573 e. The Morgan fingerprint density at radius 2 is 2.00 bits per heavy atom. The molecule has 0 unspecified atom stereocenters. The van der Waals surface area contributed by atoms with Gasteiger partial charge in [0.25, 0.3) is 0 Å². The zero-order valence-corrected chi connectivity index (χ0v) is 10.1. The average molecular weight is 277 g/mol. The van der Waals surface area contributed by atoms with Crippen LogP contribution in [0.4, 0.5) is 13.2 Å². The lowest BCUT2D eigenvalue weighted by atomic mass is 10.3. The fourth-order valence-electron chi connectivity index (χ4n) is 1.70. The quantitative estimate of drug-likeness (QED) is 0.913. The van der Waals surface area contributed by atoms with Crippen molar-refractivity contribution in [3.8, 4) is 11.5 Å². The van der Waals surface area contributed by atoms with Crippen LogP contribution in [0.2, 0.25) is 0 Å². The van der Waals surface area contributed by atoms with E-state index in [1.165, 1.54) is 18.2 Å². The van der Waals surface area contributed by atoms with E-state index in [4.69, 9.17) is 9.47 Å². The number of halogens is 3. The molecule has 1 fully saturated rings. The van der Waals surface area contributed by atoms with Gasteiger partial charge in [0.2, 0.25) is 0 Å². The van der Waals surface area contributed by atoms with Gasteiger partial charge in [0.05, 0.1) is 19.3 Å². The van der Waals surface area contributed by atoms with Crippen LogP contribution >= 0.6 is 0 Å². The SMILES string of the molecule is FC(F)(F)Oc1ccccc1OC[C@H]1COCCN1. The van der Waals surface area contributed by atoms with Crippen molar-refractivity contribution in [2.75, 3.05) is 26.4 Å². The molecule has 0 radical (unpaired) electrons. The zero-order valence-electron chi connectivity index (χ0n) is 10.1. The molecule has 106 valence electrons. The highest BCUT2D eigenvalue weighted by Gasteiger charge is 2.32. The number of benzene rings is 1. The van der Waals surface area contributed by atoms with Crippen LogP contribution < -0.4 is 14.8 Å². The molecule has 1 aromatic rings. The van der Waals surface area contributed by atoms with Crippen molar-refractivity contribution < 1.29 is 27.4 Å². The molecule has 1 N–H and O–H groups in total. The highest BCUT2D eigenvalue weighted by Crippen LogP contribution is 2.31. The second-order valence-corrected chi connectivity index (χ2v) is 4.03. The Morgan fingerprint density at radius 3 is 2.63 bits per heavy atom. The van der Waals surface area contributed by atoms with Crippen LogP contribution in [-0.2, 0) is 4.74 Å². The Balaban J connectivity index is 1.95. The minimum Gasteiger partial charge on any atom is -0.488 e. The van der Waals surface area contributed by atoms with Gasteiger partial charge in [0.1, 0.15) is 6.61 Å². The lowest BCUT2D eigenvalue weighted by Gasteiger charge is -2.24. The molecule has 2 rings (SSSR count). The molecular weight excluding hydrogens is 263 g/mol. The smallest absolute Gasteiger partial charge is 0.488 e. The highest BCUT2D eigenvalue weighted by atomic mass is 19.4. The maximum atomic E-state index is 12.2. The molecule has 1 aliphatic heterocycles. The zero-order chi connectivity index (χ0) is 13.7. The molecule has 1 aliphatic rings. The van der Waals surface area contributed by atoms with Gasteiger partial charge in [-0.3, -0.25) is 0 Å². The van der Waals surface area contributed by atoms with Crippen molar-refractivity contribution >= 4 is 0 Å². The Labute approximate surface area is 108 Å². The molecule has 1 saturated heterocycles. The fourth-order valence-corrected chi connectivity index (χ4v) is 1.70. The number of hydrogen-bond acceptors (Lipinski definition) is 4. The molecular formula is C12H14F3NO3. The summed E-state index contributed by atoms with van der Waals surface area (Å²) >= 11 is 0. The van der Waals surface area contributed by atoms with E-state index in [9.17, 15) is 13.2 Å². The van der Waals surface area contributed by atoms with Gasteiger partial charge >= 0.3 is 6.36 Å². The predicted octanol–water partition coefficient (Wildman–Crippen LogP) is 1.95. The molecule has 4 nitrogen and oxygen atoms in total. The van der Waals surface area contributed by atoms with Gasteiger partial charge < -0.3 is 19.5 Å². The van der Waals surface area contributed by atoms with Crippen molar-refractivity contribution in [1.29, 1.82) is 0 Å². The Bertz CT molecular complexity index is 405. The minimum atomic E-state index is -4.73. The van der Waals surface area contributed by atoms with Crippen molar-refractivity contribution in [1.82, 2.24) is 5.32 Å². The molecule has 0 bridgehead atoms. The fraction of sp³-hybridized carbons (Fsp3) is 0.500. The molecule has 1 heterocycles. The van der Waals surface area contributed by atoms with Crippen molar-refractivity contribution in [3.63, 3.8) is 0 Å². The molecule has 0 aromatic heterocycles. The first-order valence-electron chi connectivity index (χ1n) is 5.83. The van der Waals surface area contributed by atoms with Crippen LogP contribution in [0.25, 0.3) is 0 Å². The van der Waals surface area contributed by atoms with E-state index in [-0.39, 0.29) is 24.1 Å². The van der Waals surface area contributed by atoms with E-state index in [0.29, 0.717) is 19.8 Å². The summed E-state index contributed by atoms with van der Waals surface area (Å²) < 4.78 is 51.1. The summed E-state index contributed by atoms with van der Waals surface area (Å²) in [5.74, 6) is -0.279. The van der Waals surface area contributed by atoms with Gasteiger partial charge in [-0.2, -0.15) is 0 Å². The van der Waals surface area contributed by atoms with Crippen LogP contribution in [0.5, 0.6) is 11.5 Å². The monoisotopic (exact) mass is 277 g/mol. The first-order chi connectivity index (χ1) is 9.04. The van der Waals surface area contributed by atoms with Crippen LogP contribution in [0.1, 0.15) is 0 Å². The Morgan fingerprint density at radius 1 is 1.26 bits per heavy atom. The lowest BCUT2D eigenvalue weighted by molar-refractivity contribution is -0.275. The summed E-state index contributed by atoms with van der Waals surface area (Å²) in [6.45, 7) is 2.03. The number of rotatable bonds is 4. The number of hydrogen-bond donors (Lipinski definition) is 1. The maximum Gasteiger partial charge on any atom is 0.573 e. The van der Waals surface area contributed by atoms with Crippen molar-refractivity contribution in [2.45, 2.75) is 12.4 Å². The second-order valence-electron chi connectivity index (χ2n) is 4.03. The summed E-state index contributed by atoms with van der Waals surface area (Å²) in [6, 6.07) is 5.66. The van der Waals surface area contributed by atoms with Gasteiger partial charge in [-0.25, -0.2) is 0 Å². The average Bonchev–Trinajstić information content (AvgIpc) is 2.37. The molecule has 0 spiro atoms. The maximum absolute atomic E-state index is 12.2. The van der Waals surface area contributed by atoms with Gasteiger partial charge in [-0.1, -0.05) is 12.1 Å². The molecule has 0 aliphatic carbocycles. The lowest BCUT2D eigenvalue weighted by Crippen LogP contribution is -2.44. The molecule has 0 saturated carbocycles. The normalized spacial score (nSPS) is 20.1. The second kappa shape index (κ2) is 6.12. The molecule has 0 amide bonds. The third-order valence-corrected chi connectivity index (χ3v) is 2.51. The van der Waals surface area contributed by atoms with E-state index < -0.39 is 6.36 Å². The van der Waals surface area contributed by atoms with E-state index >= 15 is 0 Å². The molecule has 7 heteroatoms. The van der Waals surface area contributed by atoms with E-state index in [0.717, 1.165) is 0 Å². The Hall–Kier alpha value is -1.47. The van der Waals surface area contributed by atoms with E-state index in [1.54, 1.807) is 6.07 Å². The topological polar surface area (TPSA) is 39.7 Å². The predicted molar refractivity (Wildman–Crippen MR) is 61.2 cm³/mol. The van der Waals surface area contributed by atoms with Crippen molar-refractivity contribution in [3.05, 3.63) is 24.3 Å². The van der Waals surface area contributed by atoms with Gasteiger partial charge in [-0.05, 0) is 12.1 Å². The van der Waals surface area contributed by atoms with Gasteiger partial charge in [0, 0.05) is 6.54 Å². The minimum absolute atomic E-state index is 0.0345. The summed E-state index contributed by atoms with van der Waals surface area (Å²) in [5, 5.41) is 3.14. The van der Waals surface area contributed by atoms with Crippen LogP contribution in [-0.4, -0.2) is 38.8 Å². The third-order valence-electron chi connectivity index (χ3n) is 2.51. The van der Waals surface area contributed by atoms with Crippen LogP contribution in [0, 0.1) is 0 Å². The highest BCUT2D eigenvalue weighted by molar-refractivity contribution is 5.39. The third kappa shape index (κ3) is 4.60. The van der Waals surface area contributed by atoms with E-state index in [2.05, 4.69) is 10.1 Å². The Kier molecular flexibility index (Phi) is 4.49. The summed E-state index contributed by atoms with van der Waals surface area (Å²) in [7, 11) is 0. The van der Waals surface area contributed by atoms with Crippen LogP contribution in [0.15, 0.2) is 24.3 Å². The molecule has 19 heavy (non-hydrogen) atoms. The number of morpholine rings is 1. The number of para-hydroxylation sites is 2. The summed E-state index contributed by atoms with van der Waals surface area (Å²) in [6.07, 6.45) is -4.73. The summed E-state index contributed by atoms with van der Waals surface area (Å²) in [4.78, 5) is 0. The number of ether oxygens (including phenoxy) is 3. The summed E-state index contributed by atoms with van der Waals surface area (Å²) in [5.41, 5.74) is 0. The van der Waals surface area contributed by atoms with Gasteiger partial charge in [0.15, 0.2) is 11.5 Å². The molecule has 1 atom stereocenters. The first kappa shape index (κ1) is 14.0. The van der Waals surface area contributed by atoms with E-state index in [1.807, 2.05) is 0 Å². The number of nitrogens with one attached hydrogen (secondary N) is 1. The van der Waals surface area contributed by atoms with Crippen LogP contribution in [0.3, 0.4) is 0 Å². The van der Waals surface area contributed by atoms with Crippen molar-refractivity contribution in [2.24, 2.45) is 0 Å². The first-order valence-corrected chi connectivity index (χ1v) is 5.83. The number of alkyl halides is 3. The van der Waals surface area contributed by atoms with Gasteiger partial charge in [-0.15, -0.1) is 13.2 Å². The molecule has 1 aromatic carbocycles. The standard InChI is InChI=1S/C12H14F3NO3/c13-12(14,15)19-11-4-2-1-3-10(11)18-8-9-7-17-6-5-16-9/h1-4,9,16H,5-8H2/t9-/m1/s1.